The zero-order valence-corrected chi connectivity index (χ0v) is 17.0. The van der Waals surface area contributed by atoms with Gasteiger partial charge in [0.05, 0.1) is 12.3 Å². The van der Waals surface area contributed by atoms with Crippen LogP contribution in [-0.2, 0) is 4.74 Å². The molecule has 0 bridgehead atoms. The molecule has 0 spiro atoms. The summed E-state index contributed by atoms with van der Waals surface area (Å²) in [6.45, 7) is 6.21. The van der Waals surface area contributed by atoms with E-state index in [-0.39, 0.29) is 5.56 Å². The van der Waals surface area contributed by atoms with Crippen molar-refractivity contribution in [2.24, 2.45) is 0 Å². The second-order valence-corrected chi connectivity index (χ2v) is 7.50. The summed E-state index contributed by atoms with van der Waals surface area (Å²) in [6, 6.07) is 16.4. The number of aromatic nitrogens is 1. The minimum absolute atomic E-state index is 0.0561. The van der Waals surface area contributed by atoms with Gasteiger partial charge in [-0.2, -0.15) is 0 Å². The largest absolute Gasteiger partial charge is 0.383 e. The fourth-order valence-corrected chi connectivity index (χ4v) is 4.04. The number of nitrogens with zero attached hydrogens (tertiary/aromatic N) is 1. The van der Waals surface area contributed by atoms with Crippen molar-refractivity contribution >= 4 is 22.1 Å². The van der Waals surface area contributed by atoms with Crippen LogP contribution >= 0.6 is 0 Å². The Morgan fingerprint density at radius 3 is 2.72 bits per heavy atom. The maximum Gasteiger partial charge on any atom is 0.256 e. The summed E-state index contributed by atoms with van der Waals surface area (Å²) >= 11 is 0. The first-order chi connectivity index (χ1) is 14.3. The summed E-state index contributed by atoms with van der Waals surface area (Å²) in [7, 11) is 0. The average molecular weight is 392 g/mol. The van der Waals surface area contributed by atoms with Crippen molar-refractivity contribution in [2.45, 2.75) is 26.2 Å². The van der Waals surface area contributed by atoms with Gasteiger partial charge in [0.1, 0.15) is 0 Å². The van der Waals surface area contributed by atoms with Crippen molar-refractivity contribution < 1.29 is 4.74 Å². The summed E-state index contributed by atoms with van der Waals surface area (Å²) in [5.41, 5.74) is 4.05. The minimum atomic E-state index is -0.0561. The molecule has 29 heavy (non-hydrogen) atoms. The van der Waals surface area contributed by atoms with Gasteiger partial charge in [0.2, 0.25) is 0 Å². The molecule has 3 aromatic rings. The molecule has 1 aromatic heterocycles. The molecule has 1 aliphatic heterocycles. The van der Waals surface area contributed by atoms with Crippen LogP contribution in [0.5, 0.6) is 0 Å². The summed E-state index contributed by atoms with van der Waals surface area (Å²) in [5, 5.41) is 4.96. The first kappa shape index (κ1) is 19.5. The molecule has 1 aliphatic rings. The highest BCUT2D eigenvalue weighted by atomic mass is 16.5. The van der Waals surface area contributed by atoms with Crippen LogP contribution in [-0.4, -0.2) is 37.8 Å². The molecule has 0 unspecified atom stereocenters. The standard InChI is InChI=1S/C24H29N3O2/c1-2-29-15-12-25-19-11-10-18-16-22(26-24(28)21(18)17-19)20-8-4-5-9-23(20)27-13-6-3-7-14-27/h4-5,8-11,16-17,25H,2-3,6-7,12-15H2,1H3,(H,26,28). The second-order valence-electron chi connectivity index (χ2n) is 7.50. The molecule has 0 radical (unpaired) electrons. The molecule has 2 N–H and O–H groups in total. The average Bonchev–Trinajstić information content (AvgIpc) is 2.77. The van der Waals surface area contributed by atoms with Crippen molar-refractivity contribution in [1.29, 1.82) is 0 Å². The fourth-order valence-electron chi connectivity index (χ4n) is 4.04. The van der Waals surface area contributed by atoms with Gasteiger partial charge < -0.3 is 19.9 Å². The number of pyridine rings is 1. The lowest BCUT2D eigenvalue weighted by atomic mass is 10.0. The summed E-state index contributed by atoms with van der Waals surface area (Å²) < 4.78 is 5.36. The van der Waals surface area contributed by atoms with Gasteiger partial charge in [0.25, 0.3) is 5.56 Å². The first-order valence-corrected chi connectivity index (χ1v) is 10.6. The van der Waals surface area contributed by atoms with E-state index in [0.717, 1.165) is 42.0 Å². The van der Waals surface area contributed by atoms with Gasteiger partial charge in [0, 0.05) is 48.6 Å². The number of anilines is 2. The normalized spacial score (nSPS) is 14.3. The number of benzene rings is 2. The molecule has 0 atom stereocenters. The molecule has 5 nitrogen and oxygen atoms in total. The molecule has 2 aromatic carbocycles. The third kappa shape index (κ3) is 4.46. The summed E-state index contributed by atoms with van der Waals surface area (Å²) in [6.07, 6.45) is 3.75. The first-order valence-electron chi connectivity index (χ1n) is 10.6. The van der Waals surface area contributed by atoms with E-state index >= 15 is 0 Å². The van der Waals surface area contributed by atoms with Gasteiger partial charge in [-0.05, 0) is 55.8 Å². The smallest absolute Gasteiger partial charge is 0.256 e. The Morgan fingerprint density at radius 1 is 1.07 bits per heavy atom. The molecule has 4 rings (SSSR count). The van der Waals surface area contributed by atoms with Crippen LogP contribution in [0.1, 0.15) is 26.2 Å². The van der Waals surface area contributed by atoms with Gasteiger partial charge in [-0.1, -0.05) is 24.3 Å². The monoisotopic (exact) mass is 391 g/mol. The number of para-hydroxylation sites is 1. The number of piperidine rings is 1. The van der Waals surface area contributed by atoms with Crippen LogP contribution in [0.2, 0.25) is 0 Å². The van der Waals surface area contributed by atoms with Crippen LogP contribution in [0.4, 0.5) is 11.4 Å². The number of H-pyrrole nitrogens is 1. The third-order valence-corrected chi connectivity index (χ3v) is 5.52. The van der Waals surface area contributed by atoms with E-state index in [1.807, 2.05) is 31.2 Å². The van der Waals surface area contributed by atoms with Crippen LogP contribution in [0, 0.1) is 0 Å². The highest BCUT2D eigenvalue weighted by Crippen LogP contribution is 2.32. The van der Waals surface area contributed by atoms with E-state index in [4.69, 9.17) is 4.74 Å². The van der Waals surface area contributed by atoms with Crippen molar-refractivity contribution in [1.82, 2.24) is 4.98 Å². The van der Waals surface area contributed by atoms with Gasteiger partial charge in [-0.25, -0.2) is 0 Å². The molecule has 0 saturated carbocycles. The molecule has 152 valence electrons. The Hall–Kier alpha value is -2.79. The quantitative estimate of drug-likeness (QED) is 0.577. The van der Waals surface area contributed by atoms with Crippen LogP contribution in [0.3, 0.4) is 0 Å². The Bertz CT molecular complexity index is 1020. The van der Waals surface area contributed by atoms with Gasteiger partial charge in [-0.15, -0.1) is 0 Å². The highest BCUT2D eigenvalue weighted by molar-refractivity contribution is 5.89. The second kappa shape index (κ2) is 9.14. The predicted molar refractivity (Wildman–Crippen MR) is 121 cm³/mol. The Kier molecular flexibility index (Phi) is 6.15. The molecule has 1 fully saturated rings. The third-order valence-electron chi connectivity index (χ3n) is 5.52. The summed E-state index contributed by atoms with van der Waals surface area (Å²) in [4.78, 5) is 18.4. The summed E-state index contributed by atoms with van der Waals surface area (Å²) in [5.74, 6) is 0. The van der Waals surface area contributed by atoms with Crippen molar-refractivity contribution in [2.75, 3.05) is 43.1 Å². The number of aromatic amines is 1. The van der Waals surface area contributed by atoms with E-state index < -0.39 is 0 Å². The van der Waals surface area contributed by atoms with Crippen molar-refractivity contribution in [3.05, 3.63) is 58.9 Å². The number of fused-ring (bicyclic) bond motifs is 1. The van der Waals surface area contributed by atoms with E-state index in [2.05, 4.69) is 39.5 Å². The lowest BCUT2D eigenvalue weighted by molar-refractivity contribution is 0.158. The molecule has 0 amide bonds. The number of hydrogen-bond donors (Lipinski definition) is 2. The van der Waals surface area contributed by atoms with Crippen LogP contribution < -0.4 is 15.8 Å². The Labute approximate surface area is 171 Å². The molecule has 2 heterocycles. The van der Waals surface area contributed by atoms with Crippen molar-refractivity contribution in [3.8, 4) is 11.3 Å². The number of rotatable bonds is 7. The van der Waals surface area contributed by atoms with E-state index in [0.29, 0.717) is 18.6 Å². The topological polar surface area (TPSA) is 57.4 Å². The Morgan fingerprint density at radius 2 is 1.90 bits per heavy atom. The lowest BCUT2D eigenvalue weighted by Gasteiger charge is -2.30. The molecular formula is C24H29N3O2. The minimum Gasteiger partial charge on any atom is -0.383 e. The van der Waals surface area contributed by atoms with Crippen LogP contribution in [0.25, 0.3) is 22.0 Å². The zero-order valence-electron chi connectivity index (χ0n) is 17.0. The maximum atomic E-state index is 12.9. The maximum absolute atomic E-state index is 12.9. The van der Waals surface area contributed by atoms with E-state index in [9.17, 15) is 4.79 Å². The zero-order chi connectivity index (χ0) is 20.1. The van der Waals surface area contributed by atoms with Gasteiger partial charge in [-0.3, -0.25) is 4.79 Å². The molecule has 0 aliphatic carbocycles. The lowest BCUT2D eigenvalue weighted by Crippen LogP contribution is -2.29. The number of ether oxygens (including phenoxy) is 1. The number of hydrogen-bond acceptors (Lipinski definition) is 4. The molecular weight excluding hydrogens is 362 g/mol. The molecule has 5 heteroatoms. The Balaban J connectivity index is 1.65. The predicted octanol–water partition coefficient (Wildman–Crippen LogP) is 4.63. The highest BCUT2D eigenvalue weighted by Gasteiger charge is 2.16. The van der Waals surface area contributed by atoms with E-state index in [1.54, 1.807) is 0 Å². The molecule has 1 saturated heterocycles. The van der Waals surface area contributed by atoms with Gasteiger partial charge >= 0.3 is 0 Å². The van der Waals surface area contributed by atoms with E-state index in [1.165, 1.54) is 24.9 Å². The van der Waals surface area contributed by atoms with Crippen LogP contribution in [0.15, 0.2) is 53.3 Å². The van der Waals surface area contributed by atoms with Gasteiger partial charge in [0.15, 0.2) is 0 Å². The van der Waals surface area contributed by atoms with Crippen molar-refractivity contribution in [3.63, 3.8) is 0 Å². The number of nitrogens with one attached hydrogen (secondary N) is 2. The fraction of sp³-hybridized carbons (Fsp3) is 0.375. The SMILES string of the molecule is CCOCCNc1ccc2cc(-c3ccccc3N3CCCCC3)[nH]c(=O)c2c1.